The minimum atomic E-state index is -0.765. The van der Waals surface area contributed by atoms with Gasteiger partial charge in [-0.25, -0.2) is 13.6 Å². The zero-order chi connectivity index (χ0) is 28.3. The number of halogens is 3. The minimum Gasteiger partial charge on any atom is -0.486 e. The Morgan fingerprint density at radius 3 is 2.49 bits per heavy atom. The molecule has 208 valence electrons. The molecule has 0 radical (unpaired) electrons. The highest BCUT2D eigenvalue weighted by molar-refractivity contribution is 6.33. The molecule has 0 aliphatic carbocycles. The SMILES string of the molecule is COC(=O)[C@H]1CN(C(=O)OC(C)(C)C)CC[C@@H]1c1ccc(OCc2cc(-c3c(F)ccc(F)c3Cl)no2)cc1. The van der Waals surface area contributed by atoms with Crippen molar-refractivity contribution in [2.75, 3.05) is 20.2 Å². The lowest BCUT2D eigenvalue weighted by Gasteiger charge is -2.38. The molecule has 0 saturated carbocycles. The second-order valence-corrected chi connectivity index (χ2v) is 10.6. The number of nitrogens with zero attached hydrogens (tertiary/aromatic N) is 2. The van der Waals surface area contributed by atoms with Gasteiger partial charge >= 0.3 is 12.1 Å². The summed E-state index contributed by atoms with van der Waals surface area (Å²) < 4.78 is 49.4. The molecule has 0 bridgehead atoms. The number of hydrogen-bond donors (Lipinski definition) is 0. The van der Waals surface area contributed by atoms with Gasteiger partial charge in [-0.3, -0.25) is 4.79 Å². The Balaban J connectivity index is 1.41. The van der Waals surface area contributed by atoms with E-state index >= 15 is 0 Å². The smallest absolute Gasteiger partial charge is 0.410 e. The van der Waals surface area contributed by atoms with E-state index in [0.717, 1.165) is 17.7 Å². The number of hydrogen-bond acceptors (Lipinski definition) is 7. The number of carbonyl (C=O) groups excluding carboxylic acids is 2. The van der Waals surface area contributed by atoms with Crippen LogP contribution in [0.5, 0.6) is 5.75 Å². The molecule has 0 spiro atoms. The fraction of sp³-hybridized carbons (Fsp3) is 0.393. The van der Waals surface area contributed by atoms with E-state index < -0.39 is 35.2 Å². The summed E-state index contributed by atoms with van der Waals surface area (Å²) >= 11 is 5.90. The van der Waals surface area contributed by atoms with Gasteiger partial charge in [-0.2, -0.15) is 0 Å². The number of methoxy groups -OCH3 is 1. The zero-order valence-corrected chi connectivity index (χ0v) is 22.8. The second kappa shape index (κ2) is 11.6. The third-order valence-electron chi connectivity index (χ3n) is 6.32. The quantitative estimate of drug-likeness (QED) is 0.255. The van der Waals surface area contributed by atoms with E-state index in [1.54, 1.807) is 32.9 Å². The van der Waals surface area contributed by atoms with Gasteiger partial charge in [0.15, 0.2) is 5.76 Å². The van der Waals surface area contributed by atoms with Crippen molar-refractivity contribution in [1.82, 2.24) is 10.1 Å². The molecule has 1 amide bonds. The Morgan fingerprint density at radius 1 is 1.13 bits per heavy atom. The predicted octanol–water partition coefficient (Wildman–Crippen LogP) is 6.37. The van der Waals surface area contributed by atoms with E-state index in [1.807, 2.05) is 12.1 Å². The molecule has 2 aromatic carbocycles. The predicted molar refractivity (Wildman–Crippen MR) is 138 cm³/mol. The van der Waals surface area contributed by atoms with Gasteiger partial charge in [0.05, 0.1) is 23.6 Å². The fourth-order valence-corrected chi connectivity index (χ4v) is 4.71. The van der Waals surface area contributed by atoms with E-state index in [0.29, 0.717) is 18.7 Å². The first-order valence-corrected chi connectivity index (χ1v) is 12.7. The van der Waals surface area contributed by atoms with Crippen LogP contribution in [-0.4, -0.2) is 47.9 Å². The summed E-state index contributed by atoms with van der Waals surface area (Å²) in [5.41, 5.74) is 0.131. The summed E-state index contributed by atoms with van der Waals surface area (Å²) in [6.45, 7) is 5.99. The molecule has 0 N–H and O–H groups in total. The van der Waals surface area contributed by atoms with Gasteiger partial charge in [-0.05, 0) is 57.0 Å². The first-order valence-electron chi connectivity index (χ1n) is 12.3. The molecular weight excluding hydrogens is 534 g/mol. The van der Waals surface area contributed by atoms with E-state index in [9.17, 15) is 18.4 Å². The second-order valence-electron chi connectivity index (χ2n) is 10.2. The molecular formula is C28H29ClF2N2O6. The van der Waals surface area contributed by atoms with Gasteiger partial charge in [0.2, 0.25) is 0 Å². The average Bonchev–Trinajstić information content (AvgIpc) is 3.37. The number of aromatic nitrogens is 1. The van der Waals surface area contributed by atoms with Crippen molar-refractivity contribution in [2.24, 2.45) is 5.92 Å². The highest BCUT2D eigenvalue weighted by Gasteiger charge is 2.39. The Hall–Kier alpha value is -3.66. The van der Waals surface area contributed by atoms with E-state index in [2.05, 4.69) is 5.16 Å². The van der Waals surface area contributed by atoms with Crippen LogP contribution < -0.4 is 4.74 Å². The summed E-state index contributed by atoms with van der Waals surface area (Å²) in [7, 11) is 1.33. The maximum absolute atomic E-state index is 14.2. The molecule has 8 nitrogen and oxygen atoms in total. The summed E-state index contributed by atoms with van der Waals surface area (Å²) in [5.74, 6) is -1.79. The monoisotopic (exact) mass is 562 g/mol. The van der Waals surface area contributed by atoms with Crippen LogP contribution >= 0.6 is 11.6 Å². The van der Waals surface area contributed by atoms with Crippen LogP contribution in [-0.2, 0) is 20.9 Å². The van der Waals surface area contributed by atoms with Gasteiger partial charge in [0.1, 0.15) is 35.3 Å². The lowest BCUT2D eigenvalue weighted by molar-refractivity contribution is -0.148. The van der Waals surface area contributed by atoms with Crippen LogP contribution in [0.4, 0.5) is 13.6 Å². The number of amides is 1. The Morgan fingerprint density at radius 2 is 1.82 bits per heavy atom. The third-order valence-corrected chi connectivity index (χ3v) is 6.69. The maximum atomic E-state index is 14.2. The number of piperidine rings is 1. The van der Waals surface area contributed by atoms with Crippen LogP contribution in [0.3, 0.4) is 0 Å². The van der Waals surface area contributed by atoms with Crippen LogP contribution in [0.25, 0.3) is 11.3 Å². The van der Waals surface area contributed by atoms with Crippen molar-refractivity contribution in [3.63, 3.8) is 0 Å². The van der Waals surface area contributed by atoms with Crippen LogP contribution in [0.2, 0.25) is 5.02 Å². The van der Waals surface area contributed by atoms with Crippen molar-refractivity contribution in [1.29, 1.82) is 0 Å². The topological polar surface area (TPSA) is 91.1 Å². The van der Waals surface area contributed by atoms with Gasteiger partial charge < -0.3 is 23.6 Å². The number of ether oxygens (including phenoxy) is 3. The molecule has 1 saturated heterocycles. The Kier molecular flexibility index (Phi) is 8.44. The van der Waals surface area contributed by atoms with Crippen molar-refractivity contribution in [3.8, 4) is 17.0 Å². The first kappa shape index (κ1) is 28.4. The van der Waals surface area contributed by atoms with Gasteiger partial charge in [-0.15, -0.1) is 0 Å². The summed E-state index contributed by atoms with van der Waals surface area (Å²) in [6.07, 6.45) is 0.0933. The standard InChI is InChI=1S/C28H29ClF2N2O6/c1-28(2,3)38-27(35)33-12-11-19(20(14-33)26(34)36-4)16-5-7-17(8-6-16)37-15-18-13-23(32-39-18)24-21(30)9-10-22(31)25(24)29/h5-10,13,19-20H,11-12,14-15H2,1-4H3/t19-,20+/m1/s1. The summed E-state index contributed by atoms with van der Waals surface area (Å²) in [5, 5.41) is 3.40. The lowest BCUT2D eigenvalue weighted by atomic mass is 9.80. The fourth-order valence-electron chi connectivity index (χ4n) is 4.46. The highest BCUT2D eigenvalue weighted by Crippen LogP contribution is 2.36. The maximum Gasteiger partial charge on any atom is 0.410 e. The van der Waals surface area contributed by atoms with Gasteiger partial charge in [-0.1, -0.05) is 28.9 Å². The first-order chi connectivity index (χ1) is 18.5. The molecule has 2 heterocycles. The molecule has 1 aromatic heterocycles. The number of likely N-dealkylation sites (tertiary alicyclic amines) is 1. The van der Waals surface area contributed by atoms with Crippen molar-refractivity contribution < 1.29 is 37.1 Å². The number of benzene rings is 2. The normalized spacial score (nSPS) is 17.6. The van der Waals surface area contributed by atoms with Crippen LogP contribution in [0, 0.1) is 17.6 Å². The van der Waals surface area contributed by atoms with Crippen LogP contribution in [0.1, 0.15) is 44.4 Å². The average molecular weight is 563 g/mol. The number of carbonyl (C=O) groups is 2. The molecule has 2 atom stereocenters. The van der Waals surface area contributed by atoms with Crippen LogP contribution in [0.15, 0.2) is 47.0 Å². The Bertz CT molecular complexity index is 1340. The third kappa shape index (κ3) is 6.68. The molecule has 1 fully saturated rings. The molecule has 11 heteroatoms. The molecule has 1 aliphatic rings. The summed E-state index contributed by atoms with van der Waals surface area (Å²) in [4.78, 5) is 26.7. The van der Waals surface area contributed by atoms with E-state index in [1.165, 1.54) is 18.1 Å². The van der Waals surface area contributed by atoms with E-state index in [-0.39, 0.29) is 41.1 Å². The molecule has 3 aromatic rings. The Labute approximate surface area is 229 Å². The molecule has 0 unspecified atom stereocenters. The zero-order valence-electron chi connectivity index (χ0n) is 22.0. The van der Waals surface area contributed by atoms with Gasteiger partial charge in [0, 0.05) is 25.1 Å². The molecule has 39 heavy (non-hydrogen) atoms. The largest absolute Gasteiger partial charge is 0.486 e. The number of rotatable bonds is 6. The van der Waals surface area contributed by atoms with Gasteiger partial charge in [0.25, 0.3) is 0 Å². The van der Waals surface area contributed by atoms with Crippen molar-refractivity contribution in [3.05, 3.63) is 70.4 Å². The highest BCUT2D eigenvalue weighted by atomic mass is 35.5. The number of esters is 1. The van der Waals surface area contributed by atoms with Crippen molar-refractivity contribution in [2.45, 2.75) is 45.3 Å². The minimum absolute atomic E-state index is 0.0139. The lowest BCUT2D eigenvalue weighted by Crippen LogP contribution is -2.47. The molecule has 1 aliphatic heterocycles. The molecule has 4 rings (SSSR count). The van der Waals surface area contributed by atoms with E-state index in [4.69, 9.17) is 30.3 Å². The van der Waals surface area contributed by atoms with Crippen molar-refractivity contribution >= 4 is 23.7 Å². The summed E-state index contributed by atoms with van der Waals surface area (Å²) in [6, 6.07) is 10.5.